The van der Waals surface area contributed by atoms with Gasteiger partial charge >= 0.3 is 0 Å². The first-order chi connectivity index (χ1) is 5.34. The molecule has 0 unspecified atom stereocenters. The maximum atomic E-state index is 12.8. The highest BCUT2D eigenvalue weighted by molar-refractivity contribution is 9.10. The van der Waals surface area contributed by atoms with Crippen LogP contribution in [0.4, 0.5) is 8.78 Å². The first-order valence-electron chi connectivity index (χ1n) is 3.44. The number of aromatic nitrogens is 2. The molecule has 5 heteroatoms. The van der Waals surface area contributed by atoms with Crippen LogP contribution in [0.15, 0.2) is 4.60 Å². The van der Waals surface area contributed by atoms with Crippen molar-refractivity contribution in [2.75, 3.05) is 0 Å². The van der Waals surface area contributed by atoms with Gasteiger partial charge in [0.25, 0.3) is 5.95 Å². The number of hydrogen-bond donors (Lipinski definition) is 0. The van der Waals surface area contributed by atoms with Crippen LogP contribution in [0.5, 0.6) is 0 Å². The molecule has 0 fully saturated rings. The largest absolute Gasteiger partial charge is 0.269 e. The van der Waals surface area contributed by atoms with Crippen molar-refractivity contribution in [2.45, 2.75) is 26.3 Å². The summed E-state index contributed by atoms with van der Waals surface area (Å²) in [5, 5.41) is 3.41. The van der Waals surface area contributed by atoms with Gasteiger partial charge in [0.05, 0.1) is 5.54 Å². The van der Waals surface area contributed by atoms with Crippen LogP contribution in [0.3, 0.4) is 0 Å². The fourth-order valence-electron chi connectivity index (χ4n) is 0.798. The van der Waals surface area contributed by atoms with E-state index in [1.807, 2.05) is 20.8 Å². The van der Waals surface area contributed by atoms with Gasteiger partial charge in [-0.3, -0.25) is 0 Å². The van der Waals surface area contributed by atoms with E-state index < -0.39 is 17.3 Å². The van der Waals surface area contributed by atoms with E-state index >= 15 is 0 Å². The Kier molecular flexibility index (Phi) is 2.25. The molecule has 0 saturated carbocycles. The van der Waals surface area contributed by atoms with Gasteiger partial charge in [-0.05, 0) is 36.7 Å². The van der Waals surface area contributed by atoms with E-state index in [0.717, 1.165) is 0 Å². The molecule has 68 valence electrons. The number of nitrogens with zero attached hydrogens (tertiary/aromatic N) is 2. The van der Waals surface area contributed by atoms with Gasteiger partial charge in [0.2, 0.25) is 5.82 Å². The third kappa shape index (κ3) is 1.50. The van der Waals surface area contributed by atoms with Crippen LogP contribution >= 0.6 is 15.9 Å². The summed E-state index contributed by atoms with van der Waals surface area (Å²) in [5.74, 6) is -2.01. The Morgan fingerprint density at radius 3 is 2.00 bits per heavy atom. The summed E-state index contributed by atoms with van der Waals surface area (Å²) in [6, 6.07) is 0. The molecule has 2 nitrogen and oxygen atoms in total. The summed E-state index contributed by atoms with van der Waals surface area (Å²) in [4.78, 5) is 0. The highest BCUT2D eigenvalue weighted by Crippen LogP contribution is 2.24. The molecule has 0 bridgehead atoms. The van der Waals surface area contributed by atoms with Gasteiger partial charge in [-0.1, -0.05) is 0 Å². The van der Waals surface area contributed by atoms with Gasteiger partial charge in [0, 0.05) is 0 Å². The van der Waals surface area contributed by atoms with Gasteiger partial charge < -0.3 is 0 Å². The van der Waals surface area contributed by atoms with E-state index in [1.54, 1.807) is 0 Å². The minimum atomic E-state index is -1.07. The van der Waals surface area contributed by atoms with Crippen molar-refractivity contribution < 1.29 is 8.78 Å². The summed E-state index contributed by atoms with van der Waals surface area (Å²) in [7, 11) is 0. The van der Waals surface area contributed by atoms with Crippen molar-refractivity contribution >= 4 is 15.9 Å². The van der Waals surface area contributed by atoms with Crippen molar-refractivity contribution in [3.8, 4) is 0 Å². The number of halogens is 3. The third-order valence-electron chi connectivity index (χ3n) is 1.37. The Balaban J connectivity index is 3.28. The molecule has 0 saturated heterocycles. The second kappa shape index (κ2) is 2.80. The Bertz CT molecular complexity index is 301. The fraction of sp³-hybridized carbons (Fsp3) is 0.571. The van der Waals surface area contributed by atoms with Crippen molar-refractivity contribution in [1.29, 1.82) is 0 Å². The maximum Gasteiger partial charge on any atom is 0.269 e. The lowest BCUT2D eigenvalue weighted by molar-refractivity contribution is 0.336. The summed E-state index contributed by atoms with van der Waals surface area (Å²) < 4.78 is 26.7. The lowest BCUT2D eigenvalue weighted by atomic mass is 10.1. The van der Waals surface area contributed by atoms with Crippen molar-refractivity contribution in [3.05, 3.63) is 16.4 Å². The minimum absolute atomic E-state index is 0.0486. The van der Waals surface area contributed by atoms with Crippen LogP contribution in [-0.2, 0) is 5.54 Å². The molecule has 0 spiro atoms. The van der Waals surface area contributed by atoms with Crippen LogP contribution in [0.1, 0.15) is 20.8 Å². The Hall–Kier alpha value is -0.450. The Labute approximate surface area is 77.7 Å². The second-order valence-corrected chi connectivity index (χ2v) is 4.23. The summed E-state index contributed by atoms with van der Waals surface area (Å²) >= 11 is 2.92. The average molecular weight is 239 g/mol. The fourth-order valence-corrected chi connectivity index (χ4v) is 1.57. The molecule has 0 atom stereocenters. The standard InChI is InChI=1S/C7H9BrF2N2/c1-7(2,3)12-5(8)4(9)6(10)11-12/h1-3H3. The van der Waals surface area contributed by atoms with E-state index in [-0.39, 0.29) is 4.60 Å². The van der Waals surface area contributed by atoms with E-state index in [0.29, 0.717) is 0 Å². The summed E-state index contributed by atoms with van der Waals surface area (Å²) in [6.07, 6.45) is 0. The van der Waals surface area contributed by atoms with Crippen LogP contribution in [0.2, 0.25) is 0 Å². The quantitative estimate of drug-likeness (QED) is 0.680. The zero-order chi connectivity index (χ0) is 9.52. The zero-order valence-electron chi connectivity index (χ0n) is 7.03. The average Bonchev–Trinajstić information content (AvgIpc) is 2.15. The van der Waals surface area contributed by atoms with Crippen LogP contribution < -0.4 is 0 Å². The van der Waals surface area contributed by atoms with Crippen LogP contribution in [-0.4, -0.2) is 9.78 Å². The minimum Gasteiger partial charge on any atom is -0.247 e. The van der Waals surface area contributed by atoms with Gasteiger partial charge in [-0.2, -0.15) is 8.78 Å². The molecule has 0 N–H and O–H groups in total. The van der Waals surface area contributed by atoms with Gasteiger partial charge in [0.15, 0.2) is 0 Å². The van der Waals surface area contributed by atoms with E-state index in [1.165, 1.54) is 4.68 Å². The zero-order valence-corrected chi connectivity index (χ0v) is 8.61. The van der Waals surface area contributed by atoms with Crippen molar-refractivity contribution in [3.63, 3.8) is 0 Å². The molecule has 1 heterocycles. The summed E-state index contributed by atoms with van der Waals surface area (Å²) in [6.45, 7) is 5.43. The monoisotopic (exact) mass is 238 g/mol. The highest BCUT2D eigenvalue weighted by atomic mass is 79.9. The first-order valence-corrected chi connectivity index (χ1v) is 4.23. The lowest BCUT2D eigenvalue weighted by Crippen LogP contribution is -2.23. The smallest absolute Gasteiger partial charge is 0.247 e. The molecule has 0 aliphatic heterocycles. The van der Waals surface area contributed by atoms with E-state index in [4.69, 9.17) is 0 Å². The molecule has 12 heavy (non-hydrogen) atoms. The predicted octanol–water partition coefficient (Wildman–Crippen LogP) is 2.68. The molecule has 0 amide bonds. The lowest BCUT2D eigenvalue weighted by Gasteiger charge is -2.19. The molecule has 0 aromatic carbocycles. The molecule has 0 aliphatic rings. The molecular formula is C7H9BrF2N2. The van der Waals surface area contributed by atoms with Crippen LogP contribution in [0.25, 0.3) is 0 Å². The topological polar surface area (TPSA) is 17.8 Å². The molecule has 1 rings (SSSR count). The van der Waals surface area contributed by atoms with Gasteiger partial charge in [-0.25, -0.2) is 4.68 Å². The van der Waals surface area contributed by atoms with Crippen molar-refractivity contribution in [1.82, 2.24) is 9.78 Å². The van der Waals surface area contributed by atoms with Gasteiger partial charge in [-0.15, -0.1) is 5.10 Å². The SMILES string of the molecule is CC(C)(C)n1nc(F)c(F)c1Br. The normalized spacial score (nSPS) is 12.2. The molecule has 0 radical (unpaired) electrons. The maximum absolute atomic E-state index is 12.8. The molecule has 0 aliphatic carbocycles. The highest BCUT2D eigenvalue weighted by Gasteiger charge is 2.23. The Morgan fingerprint density at radius 2 is 1.83 bits per heavy atom. The second-order valence-electron chi connectivity index (χ2n) is 3.48. The Morgan fingerprint density at radius 1 is 1.33 bits per heavy atom. The molecule has 1 aromatic rings. The molecular weight excluding hydrogens is 230 g/mol. The van der Waals surface area contributed by atoms with Crippen LogP contribution in [0, 0.1) is 11.8 Å². The predicted molar refractivity (Wildman–Crippen MR) is 44.8 cm³/mol. The number of hydrogen-bond acceptors (Lipinski definition) is 1. The van der Waals surface area contributed by atoms with Gasteiger partial charge in [0.1, 0.15) is 4.60 Å². The van der Waals surface area contributed by atoms with E-state index in [9.17, 15) is 8.78 Å². The van der Waals surface area contributed by atoms with Crippen molar-refractivity contribution in [2.24, 2.45) is 0 Å². The first kappa shape index (κ1) is 9.64. The summed E-state index contributed by atoms with van der Waals surface area (Å²) in [5.41, 5.74) is -0.427. The van der Waals surface area contributed by atoms with E-state index in [2.05, 4.69) is 21.0 Å². The number of rotatable bonds is 0. The molecule has 1 aromatic heterocycles. The third-order valence-corrected chi connectivity index (χ3v) is 2.06.